The lowest BCUT2D eigenvalue weighted by molar-refractivity contribution is -0.137. The second kappa shape index (κ2) is 13.7. The fourth-order valence-corrected chi connectivity index (χ4v) is 4.40. The van der Waals surface area contributed by atoms with E-state index < -0.39 is 17.6 Å². The van der Waals surface area contributed by atoms with E-state index in [-0.39, 0.29) is 27.9 Å². The maximum Gasteiger partial charge on any atom is 0.416 e. The second-order valence-electron chi connectivity index (χ2n) is 9.88. The maximum atomic E-state index is 13.6. The molecule has 0 atom stereocenters. The van der Waals surface area contributed by atoms with Crippen LogP contribution in [0.3, 0.4) is 0 Å². The van der Waals surface area contributed by atoms with Gasteiger partial charge in [-0.05, 0) is 75.6 Å². The maximum absolute atomic E-state index is 13.6. The molecule has 0 radical (unpaired) electrons. The predicted octanol–water partition coefficient (Wildman–Crippen LogP) is 6.69. The van der Waals surface area contributed by atoms with E-state index >= 15 is 0 Å². The van der Waals surface area contributed by atoms with Gasteiger partial charge in [-0.1, -0.05) is 11.6 Å². The SMILES string of the molecule is CNc1nccc(-c2cccnc2Oc2ccc(Cl)c(NC(=O)c3cc(C(F)(F)F)ccc3N(C)CCCN(C)C)c2)n1. The number of hydrogen-bond acceptors (Lipinski definition) is 8. The Morgan fingerprint density at radius 2 is 1.79 bits per heavy atom. The van der Waals surface area contributed by atoms with Gasteiger partial charge in [0.15, 0.2) is 0 Å². The Hall–Kier alpha value is -4.42. The van der Waals surface area contributed by atoms with Crippen LogP contribution in [0, 0.1) is 0 Å². The average molecular weight is 614 g/mol. The Bertz CT molecular complexity index is 1580. The molecule has 0 saturated heterocycles. The number of nitrogens with one attached hydrogen (secondary N) is 2. The Balaban J connectivity index is 1.62. The third kappa shape index (κ3) is 8.11. The largest absolute Gasteiger partial charge is 0.438 e. The molecule has 2 aromatic carbocycles. The Kier molecular flexibility index (Phi) is 10.0. The average Bonchev–Trinajstić information content (AvgIpc) is 2.98. The van der Waals surface area contributed by atoms with Crippen molar-refractivity contribution in [2.75, 3.05) is 56.8 Å². The fraction of sp³-hybridized carbons (Fsp3) is 0.267. The van der Waals surface area contributed by atoms with Crippen LogP contribution in [0.5, 0.6) is 11.6 Å². The molecule has 2 heterocycles. The summed E-state index contributed by atoms with van der Waals surface area (Å²) in [6, 6.07) is 12.9. The van der Waals surface area contributed by atoms with E-state index in [2.05, 4.69) is 25.6 Å². The highest BCUT2D eigenvalue weighted by Crippen LogP contribution is 2.36. The number of halogens is 4. The van der Waals surface area contributed by atoms with Crippen molar-refractivity contribution in [3.8, 4) is 22.9 Å². The minimum atomic E-state index is -4.62. The van der Waals surface area contributed by atoms with Crippen molar-refractivity contribution in [1.82, 2.24) is 19.9 Å². The third-order valence-electron chi connectivity index (χ3n) is 6.41. The van der Waals surface area contributed by atoms with Gasteiger partial charge >= 0.3 is 6.18 Å². The number of alkyl halides is 3. The summed E-state index contributed by atoms with van der Waals surface area (Å²) in [5, 5.41) is 5.71. The molecule has 0 saturated carbocycles. The van der Waals surface area contributed by atoms with Crippen LogP contribution in [0.15, 0.2) is 67.0 Å². The molecule has 0 aliphatic rings. The smallest absolute Gasteiger partial charge is 0.416 e. The summed E-state index contributed by atoms with van der Waals surface area (Å²) in [6.07, 6.45) is -0.720. The lowest BCUT2D eigenvalue weighted by Crippen LogP contribution is -2.26. The standard InChI is InChI=1S/C30H31ClF3N7O2/c1-35-29-37-14-12-24(39-29)21-7-5-13-36-28(21)43-20-9-10-23(31)25(18-20)38-27(42)22-17-19(30(32,33)34)8-11-26(22)41(4)16-6-15-40(2)3/h5,7-14,17-18H,6,15-16H2,1-4H3,(H,38,42)(H,35,37,39). The van der Waals surface area contributed by atoms with E-state index in [1.807, 2.05) is 19.0 Å². The van der Waals surface area contributed by atoms with Crippen LogP contribution in [0.4, 0.5) is 30.5 Å². The van der Waals surface area contributed by atoms with Gasteiger partial charge in [-0.2, -0.15) is 13.2 Å². The molecular weight excluding hydrogens is 583 g/mol. The van der Waals surface area contributed by atoms with Crippen molar-refractivity contribution in [3.63, 3.8) is 0 Å². The van der Waals surface area contributed by atoms with E-state index in [4.69, 9.17) is 16.3 Å². The molecule has 2 N–H and O–H groups in total. The highest BCUT2D eigenvalue weighted by Gasteiger charge is 2.32. The molecule has 1 amide bonds. The van der Waals surface area contributed by atoms with E-state index in [0.717, 1.165) is 25.1 Å². The predicted molar refractivity (Wildman–Crippen MR) is 162 cm³/mol. The van der Waals surface area contributed by atoms with E-state index in [0.29, 0.717) is 29.4 Å². The van der Waals surface area contributed by atoms with Gasteiger partial charge in [0.1, 0.15) is 5.75 Å². The van der Waals surface area contributed by atoms with Gasteiger partial charge in [0, 0.05) is 44.8 Å². The molecule has 0 aliphatic carbocycles. The van der Waals surface area contributed by atoms with Crippen LogP contribution in [0.25, 0.3) is 11.3 Å². The molecular formula is C30H31ClF3N7O2. The highest BCUT2D eigenvalue weighted by molar-refractivity contribution is 6.34. The Morgan fingerprint density at radius 3 is 2.51 bits per heavy atom. The first kappa shape index (κ1) is 31.5. The van der Waals surface area contributed by atoms with Gasteiger partial charge in [0.05, 0.1) is 33.1 Å². The van der Waals surface area contributed by atoms with Crippen molar-refractivity contribution in [2.45, 2.75) is 12.6 Å². The number of benzene rings is 2. The first-order chi connectivity index (χ1) is 20.5. The number of hydrogen-bond donors (Lipinski definition) is 2. The summed E-state index contributed by atoms with van der Waals surface area (Å²) >= 11 is 6.39. The van der Waals surface area contributed by atoms with Crippen LogP contribution < -0.4 is 20.3 Å². The first-order valence-electron chi connectivity index (χ1n) is 13.3. The van der Waals surface area contributed by atoms with Gasteiger partial charge in [-0.3, -0.25) is 4.79 Å². The minimum Gasteiger partial charge on any atom is -0.438 e. The number of nitrogens with zero attached hydrogens (tertiary/aromatic N) is 5. The van der Waals surface area contributed by atoms with Crippen LogP contribution in [0.2, 0.25) is 5.02 Å². The number of pyridine rings is 1. The zero-order chi connectivity index (χ0) is 31.1. The van der Waals surface area contributed by atoms with Gasteiger partial charge in [0.25, 0.3) is 5.91 Å². The number of anilines is 3. The van der Waals surface area contributed by atoms with Crippen molar-refractivity contribution in [3.05, 3.63) is 83.1 Å². The number of aromatic nitrogens is 3. The highest BCUT2D eigenvalue weighted by atomic mass is 35.5. The van der Waals surface area contributed by atoms with Gasteiger partial charge in [-0.25, -0.2) is 15.0 Å². The topological polar surface area (TPSA) is 95.5 Å². The summed E-state index contributed by atoms with van der Waals surface area (Å²) in [6.45, 7) is 1.31. The lowest BCUT2D eigenvalue weighted by atomic mass is 10.1. The van der Waals surface area contributed by atoms with Crippen LogP contribution >= 0.6 is 11.6 Å². The minimum absolute atomic E-state index is 0.138. The molecule has 13 heteroatoms. The molecule has 9 nitrogen and oxygen atoms in total. The van der Waals surface area contributed by atoms with E-state index in [1.165, 1.54) is 18.2 Å². The second-order valence-corrected chi connectivity index (χ2v) is 10.3. The third-order valence-corrected chi connectivity index (χ3v) is 6.74. The van der Waals surface area contributed by atoms with Crippen molar-refractivity contribution in [2.24, 2.45) is 0 Å². The number of carbonyl (C=O) groups is 1. The first-order valence-corrected chi connectivity index (χ1v) is 13.7. The summed E-state index contributed by atoms with van der Waals surface area (Å²) in [5.41, 5.74) is 0.599. The molecule has 2 aromatic heterocycles. The summed E-state index contributed by atoms with van der Waals surface area (Å²) < 4.78 is 46.8. The summed E-state index contributed by atoms with van der Waals surface area (Å²) in [7, 11) is 7.30. The number of ether oxygens (including phenoxy) is 1. The molecule has 226 valence electrons. The molecule has 0 aliphatic heterocycles. The number of carbonyl (C=O) groups excluding carboxylic acids is 1. The normalized spacial score (nSPS) is 11.4. The Morgan fingerprint density at radius 1 is 1.00 bits per heavy atom. The summed E-state index contributed by atoms with van der Waals surface area (Å²) in [5.74, 6) is 0.190. The molecule has 4 aromatic rings. The van der Waals surface area contributed by atoms with Crippen molar-refractivity contribution < 1.29 is 22.7 Å². The van der Waals surface area contributed by atoms with E-state index in [1.54, 1.807) is 55.7 Å². The molecule has 0 bridgehead atoms. The van der Waals surface area contributed by atoms with Crippen LogP contribution in [0.1, 0.15) is 22.3 Å². The zero-order valence-electron chi connectivity index (χ0n) is 24.0. The van der Waals surface area contributed by atoms with Gasteiger partial charge in [-0.15, -0.1) is 0 Å². The van der Waals surface area contributed by atoms with Crippen molar-refractivity contribution in [1.29, 1.82) is 0 Å². The Labute approximate surface area is 252 Å². The molecule has 0 fully saturated rings. The molecule has 0 unspecified atom stereocenters. The number of amides is 1. The molecule has 0 spiro atoms. The molecule has 4 rings (SSSR count). The fourth-order valence-electron chi connectivity index (χ4n) is 4.23. The molecule has 43 heavy (non-hydrogen) atoms. The van der Waals surface area contributed by atoms with Crippen molar-refractivity contribution >= 4 is 34.8 Å². The van der Waals surface area contributed by atoms with E-state index in [9.17, 15) is 18.0 Å². The lowest BCUT2D eigenvalue weighted by Gasteiger charge is -2.24. The zero-order valence-corrected chi connectivity index (χ0v) is 24.8. The van der Waals surface area contributed by atoms with Crippen LogP contribution in [-0.4, -0.2) is 67.0 Å². The summed E-state index contributed by atoms with van der Waals surface area (Å²) in [4.78, 5) is 30.1. The monoisotopic (exact) mass is 613 g/mol. The number of rotatable bonds is 11. The van der Waals surface area contributed by atoms with Gasteiger partial charge < -0.3 is 25.2 Å². The van der Waals surface area contributed by atoms with Crippen LogP contribution in [-0.2, 0) is 6.18 Å². The quantitative estimate of drug-likeness (QED) is 0.193. The van der Waals surface area contributed by atoms with Gasteiger partial charge in [0.2, 0.25) is 11.8 Å².